The highest BCUT2D eigenvalue weighted by molar-refractivity contribution is 5.45. The third-order valence-corrected chi connectivity index (χ3v) is 4.56. The van der Waals surface area contributed by atoms with Crippen molar-refractivity contribution in [2.75, 3.05) is 46.9 Å². The van der Waals surface area contributed by atoms with Crippen LogP contribution < -0.4 is 10.5 Å². The van der Waals surface area contributed by atoms with Crippen LogP contribution in [0, 0.1) is 13.8 Å². The van der Waals surface area contributed by atoms with Crippen molar-refractivity contribution in [3.8, 4) is 5.75 Å². The molecule has 1 saturated heterocycles. The first-order valence-corrected chi connectivity index (χ1v) is 7.35. The fraction of sp³-hybridized carbons (Fsp3) is 0.625. The van der Waals surface area contributed by atoms with Gasteiger partial charge in [-0.1, -0.05) is 6.07 Å². The number of methoxy groups -OCH3 is 1. The van der Waals surface area contributed by atoms with Crippen molar-refractivity contribution in [3.05, 3.63) is 28.8 Å². The van der Waals surface area contributed by atoms with Crippen molar-refractivity contribution < 1.29 is 4.74 Å². The molecule has 0 aromatic heterocycles. The normalized spacial score (nSPS) is 19.1. The topological polar surface area (TPSA) is 41.7 Å². The zero-order valence-electron chi connectivity index (χ0n) is 13.1. The summed E-state index contributed by atoms with van der Waals surface area (Å²) in [6, 6.07) is 4.56. The second-order valence-electron chi connectivity index (χ2n) is 5.70. The van der Waals surface area contributed by atoms with Gasteiger partial charge >= 0.3 is 0 Å². The Hall–Kier alpha value is -1.10. The molecule has 4 heteroatoms. The molecule has 4 nitrogen and oxygen atoms in total. The number of nitrogens with two attached hydrogens (primary N) is 1. The van der Waals surface area contributed by atoms with Crippen LogP contribution in [-0.2, 0) is 0 Å². The van der Waals surface area contributed by atoms with Crippen LogP contribution in [0.15, 0.2) is 12.1 Å². The monoisotopic (exact) mass is 277 g/mol. The summed E-state index contributed by atoms with van der Waals surface area (Å²) in [5.41, 5.74) is 9.94. The van der Waals surface area contributed by atoms with Gasteiger partial charge in [-0.25, -0.2) is 0 Å². The van der Waals surface area contributed by atoms with E-state index in [-0.39, 0.29) is 0 Å². The van der Waals surface area contributed by atoms with Crippen LogP contribution in [0.2, 0.25) is 0 Å². The van der Waals surface area contributed by atoms with Gasteiger partial charge in [-0.15, -0.1) is 0 Å². The Morgan fingerprint density at radius 1 is 1.15 bits per heavy atom. The van der Waals surface area contributed by atoms with Gasteiger partial charge in [-0.2, -0.15) is 0 Å². The van der Waals surface area contributed by atoms with Gasteiger partial charge in [-0.3, -0.25) is 4.90 Å². The predicted octanol–water partition coefficient (Wildman–Crippen LogP) is 1.56. The third-order valence-electron chi connectivity index (χ3n) is 4.56. The Balaban J connectivity index is 2.25. The molecule has 2 rings (SSSR count). The summed E-state index contributed by atoms with van der Waals surface area (Å²) >= 11 is 0. The number of ether oxygens (including phenoxy) is 1. The van der Waals surface area contributed by atoms with Crippen LogP contribution in [-0.4, -0.2) is 56.7 Å². The largest absolute Gasteiger partial charge is 0.496 e. The molecule has 0 radical (unpaired) electrons. The van der Waals surface area contributed by atoms with E-state index in [2.05, 4.69) is 42.8 Å². The molecule has 0 spiro atoms. The molecule has 1 aliphatic rings. The fourth-order valence-corrected chi connectivity index (χ4v) is 3.01. The number of benzene rings is 1. The van der Waals surface area contributed by atoms with Crippen molar-refractivity contribution in [1.29, 1.82) is 0 Å². The van der Waals surface area contributed by atoms with Crippen LogP contribution in [0.4, 0.5) is 0 Å². The molecule has 1 heterocycles. The van der Waals surface area contributed by atoms with E-state index in [1.807, 2.05) is 0 Å². The smallest absolute Gasteiger partial charge is 0.122 e. The van der Waals surface area contributed by atoms with Crippen LogP contribution in [0.5, 0.6) is 5.75 Å². The Kier molecular flexibility index (Phi) is 5.02. The predicted molar refractivity (Wildman–Crippen MR) is 83.3 cm³/mol. The highest BCUT2D eigenvalue weighted by atomic mass is 16.5. The molecule has 1 aromatic rings. The van der Waals surface area contributed by atoms with E-state index >= 15 is 0 Å². The highest BCUT2D eigenvalue weighted by Gasteiger charge is 2.24. The minimum atomic E-state index is 0.313. The Morgan fingerprint density at radius 2 is 1.80 bits per heavy atom. The van der Waals surface area contributed by atoms with Crippen LogP contribution in [0.1, 0.15) is 22.7 Å². The summed E-state index contributed by atoms with van der Waals surface area (Å²) < 4.78 is 5.40. The lowest BCUT2D eigenvalue weighted by molar-refractivity contribution is 0.114. The van der Waals surface area contributed by atoms with Crippen LogP contribution in [0.25, 0.3) is 0 Å². The summed E-state index contributed by atoms with van der Waals surface area (Å²) in [6.45, 7) is 9.36. The van der Waals surface area contributed by atoms with Crippen molar-refractivity contribution in [2.45, 2.75) is 19.9 Å². The third kappa shape index (κ3) is 2.97. The Morgan fingerprint density at radius 3 is 2.35 bits per heavy atom. The van der Waals surface area contributed by atoms with E-state index < -0.39 is 0 Å². The quantitative estimate of drug-likeness (QED) is 0.907. The molecule has 0 amide bonds. The van der Waals surface area contributed by atoms with E-state index in [4.69, 9.17) is 10.5 Å². The van der Waals surface area contributed by atoms with Gasteiger partial charge in [0.25, 0.3) is 0 Å². The van der Waals surface area contributed by atoms with E-state index in [1.54, 1.807) is 7.11 Å². The highest BCUT2D eigenvalue weighted by Crippen LogP contribution is 2.30. The minimum absolute atomic E-state index is 0.313. The number of hydrogen-bond acceptors (Lipinski definition) is 4. The van der Waals surface area contributed by atoms with E-state index in [0.717, 1.165) is 31.9 Å². The summed E-state index contributed by atoms with van der Waals surface area (Å²) in [7, 11) is 3.90. The summed E-state index contributed by atoms with van der Waals surface area (Å²) in [4.78, 5) is 4.88. The lowest BCUT2D eigenvalue weighted by Gasteiger charge is -2.38. The number of likely N-dealkylation sites (N-methyl/N-ethyl adjacent to an activating group) is 1. The van der Waals surface area contributed by atoms with E-state index in [1.165, 1.54) is 16.7 Å². The maximum atomic E-state index is 6.07. The summed E-state index contributed by atoms with van der Waals surface area (Å²) in [5, 5.41) is 0. The summed E-state index contributed by atoms with van der Waals surface area (Å²) in [6.07, 6.45) is 0. The second kappa shape index (κ2) is 6.57. The first-order chi connectivity index (χ1) is 9.58. The molecule has 0 aliphatic carbocycles. The lowest BCUT2D eigenvalue weighted by Crippen LogP contribution is -2.47. The van der Waals surface area contributed by atoms with Gasteiger partial charge in [0, 0.05) is 38.8 Å². The molecule has 0 bridgehead atoms. The molecule has 1 aromatic carbocycles. The van der Waals surface area contributed by atoms with Crippen molar-refractivity contribution in [2.24, 2.45) is 5.73 Å². The van der Waals surface area contributed by atoms with E-state index in [9.17, 15) is 0 Å². The first-order valence-electron chi connectivity index (χ1n) is 7.35. The molecule has 20 heavy (non-hydrogen) atoms. The van der Waals surface area contributed by atoms with Crippen molar-refractivity contribution in [3.63, 3.8) is 0 Å². The zero-order chi connectivity index (χ0) is 14.7. The fourth-order valence-electron chi connectivity index (χ4n) is 3.01. The summed E-state index contributed by atoms with van der Waals surface area (Å²) in [5.74, 6) is 0.959. The first kappa shape index (κ1) is 15.3. The lowest BCUT2D eigenvalue weighted by atomic mass is 9.95. The van der Waals surface area contributed by atoms with Gasteiger partial charge in [0.1, 0.15) is 5.75 Å². The van der Waals surface area contributed by atoms with E-state index in [0.29, 0.717) is 12.6 Å². The molecule has 2 N–H and O–H groups in total. The number of nitrogens with zero attached hydrogens (tertiary/aromatic N) is 2. The van der Waals surface area contributed by atoms with Crippen LogP contribution in [0.3, 0.4) is 0 Å². The molecular formula is C16H27N3O. The van der Waals surface area contributed by atoms with Crippen LogP contribution >= 0.6 is 0 Å². The maximum absolute atomic E-state index is 6.07. The molecule has 0 saturated carbocycles. The van der Waals surface area contributed by atoms with Crippen molar-refractivity contribution in [1.82, 2.24) is 9.80 Å². The standard InChI is InChI=1S/C16H27N3O/c1-12-13(2)16(20-4)6-5-14(12)15(11-17)19-9-7-18(3)8-10-19/h5-6,15H,7-11,17H2,1-4H3. The SMILES string of the molecule is COc1ccc(C(CN)N2CCN(C)CC2)c(C)c1C. The zero-order valence-corrected chi connectivity index (χ0v) is 13.1. The molecule has 112 valence electrons. The molecule has 1 atom stereocenters. The average Bonchev–Trinajstić information content (AvgIpc) is 2.46. The Bertz CT molecular complexity index is 453. The number of rotatable bonds is 4. The number of hydrogen-bond donors (Lipinski definition) is 1. The van der Waals surface area contributed by atoms with Gasteiger partial charge in [-0.05, 0) is 43.7 Å². The number of piperazine rings is 1. The minimum Gasteiger partial charge on any atom is -0.496 e. The van der Waals surface area contributed by atoms with Crippen molar-refractivity contribution >= 4 is 0 Å². The molecule has 1 unspecified atom stereocenters. The van der Waals surface area contributed by atoms with Gasteiger partial charge in [0.15, 0.2) is 0 Å². The second-order valence-corrected chi connectivity index (χ2v) is 5.70. The molecule has 1 aliphatic heterocycles. The van der Waals surface area contributed by atoms with Gasteiger partial charge in [0.2, 0.25) is 0 Å². The molecular weight excluding hydrogens is 250 g/mol. The van der Waals surface area contributed by atoms with Gasteiger partial charge < -0.3 is 15.4 Å². The average molecular weight is 277 g/mol. The Labute approximate surface area is 122 Å². The maximum Gasteiger partial charge on any atom is 0.122 e. The molecule has 1 fully saturated rings. The van der Waals surface area contributed by atoms with Gasteiger partial charge in [0.05, 0.1) is 7.11 Å².